The minimum absolute atomic E-state index is 0.347. The molecular formula is C14H19NO. The van der Waals surface area contributed by atoms with E-state index in [9.17, 15) is 5.11 Å². The van der Waals surface area contributed by atoms with E-state index in [1.54, 1.807) is 0 Å². The summed E-state index contributed by atoms with van der Waals surface area (Å²) >= 11 is 0. The molecule has 16 heavy (non-hydrogen) atoms. The first-order valence-electron chi connectivity index (χ1n) is 5.85. The van der Waals surface area contributed by atoms with E-state index < -0.39 is 0 Å². The minimum atomic E-state index is -0.347. The van der Waals surface area contributed by atoms with Crippen LogP contribution in [0.4, 0.5) is 0 Å². The van der Waals surface area contributed by atoms with Gasteiger partial charge in [0.25, 0.3) is 0 Å². The molecule has 0 unspecified atom stereocenters. The normalized spacial score (nSPS) is 23.2. The lowest BCUT2D eigenvalue weighted by atomic mass is 9.97. The average Bonchev–Trinajstić information content (AvgIpc) is 2.33. The average molecular weight is 217 g/mol. The van der Waals surface area contributed by atoms with Crippen molar-refractivity contribution in [3.8, 4) is 0 Å². The zero-order chi connectivity index (χ0) is 11.4. The molecule has 0 saturated heterocycles. The number of hydrogen-bond donors (Lipinski definition) is 1. The monoisotopic (exact) mass is 217 g/mol. The van der Waals surface area contributed by atoms with Crippen molar-refractivity contribution in [2.24, 2.45) is 0 Å². The van der Waals surface area contributed by atoms with Gasteiger partial charge in [0.15, 0.2) is 0 Å². The van der Waals surface area contributed by atoms with E-state index in [0.29, 0.717) is 6.04 Å². The highest BCUT2D eigenvalue weighted by molar-refractivity contribution is 5.17. The summed E-state index contributed by atoms with van der Waals surface area (Å²) < 4.78 is 0. The summed E-state index contributed by atoms with van der Waals surface area (Å²) in [5.74, 6) is 0. The molecule has 2 atom stereocenters. The molecule has 1 aromatic rings. The predicted octanol–water partition coefficient (Wildman–Crippen LogP) is 2.37. The summed E-state index contributed by atoms with van der Waals surface area (Å²) in [5.41, 5.74) is 1.02. The molecule has 2 rings (SSSR count). The molecule has 2 nitrogen and oxygen atoms in total. The number of hydrogen-bond acceptors (Lipinski definition) is 2. The quantitative estimate of drug-likeness (QED) is 0.786. The first-order valence-corrected chi connectivity index (χ1v) is 5.85. The van der Waals surface area contributed by atoms with Gasteiger partial charge in [-0.15, -0.1) is 0 Å². The van der Waals surface area contributed by atoms with Crippen LogP contribution in [0.15, 0.2) is 42.5 Å². The highest BCUT2D eigenvalue weighted by Crippen LogP contribution is 2.23. The first kappa shape index (κ1) is 11.4. The maximum Gasteiger partial charge on any atom is 0.0805 e. The largest absolute Gasteiger partial charge is 0.388 e. The Balaban J connectivity index is 1.97. The van der Waals surface area contributed by atoms with Crippen molar-refractivity contribution in [2.45, 2.75) is 25.0 Å². The van der Waals surface area contributed by atoms with Gasteiger partial charge < -0.3 is 5.11 Å². The van der Waals surface area contributed by atoms with Gasteiger partial charge in [-0.1, -0.05) is 42.5 Å². The van der Waals surface area contributed by atoms with Crippen molar-refractivity contribution in [1.82, 2.24) is 4.90 Å². The molecule has 1 aliphatic heterocycles. The predicted molar refractivity (Wildman–Crippen MR) is 66.2 cm³/mol. The fourth-order valence-corrected chi connectivity index (χ4v) is 2.17. The second-order valence-electron chi connectivity index (χ2n) is 4.46. The van der Waals surface area contributed by atoms with Crippen LogP contribution < -0.4 is 0 Å². The SMILES string of the molecule is CN1CC=CC[C@H]1C[C@H](O)c1ccccc1. The number of likely N-dealkylation sites (N-methyl/N-ethyl adjacent to an activating group) is 1. The molecule has 1 N–H and O–H groups in total. The Hall–Kier alpha value is -1.12. The highest BCUT2D eigenvalue weighted by atomic mass is 16.3. The van der Waals surface area contributed by atoms with E-state index in [-0.39, 0.29) is 6.10 Å². The van der Waals surface area contributed by atoms with Gasteiger partial charge in [0.05, 0.1) is 6.10 Å². The number of rotatable bonds is 3. The molecule has 0 bridgehead atoms. The van der Waals surface area contributed by atoms with E-state index in [1.807, 2.05) is 30.3 Å². The van der Waals surface area contributed by atoms with Crippen molar-refractivity contribution in [3.63, 3.8) is 0 Å². The van der Waals surface area contributed by atoms with Crippen molar-refractivity contribution in [2.75, 3.05) is 13.6 Å². The van der Waals surface area contributed by atoms with Gasteiger partial charge in [0.2, 0.25) is 0 Å². The van der Waals surface area contributed by atoms with E-state index in [1.165, 1.54) is 0 Å². The Labute approximate surface area is 97.2 Å². The topological polar surface area (TPSA) is 23.5 Å². The van der Waals surface area contributed by atoms with E-state index in [0.717, 1.165) is 24.9 Å². The first-order chi connectivity index (χ1) is 7.77. The molecule has 0 aliphatic carbocycles. The molecule has 1 heterocycles. The Kier molecular flexibility index (Phi) is 3.75. The van der Waals surface area contributed by atoms with E-state index in [2.05, 4.69) is 24.1 Å². The number of aliphatic hydroxyl groups excluding tert-OH is 1. The van der Waals surface area contributed by atoms with Crippen molar-refractivity contribution >= 4 is 0 Å². The van der Waals surface area contributed by atoms with Gasteiger partial charge >= 0.3 is 0 Å². The molecule has 2 heteroatoms. The summed E-state index contributed by atoms with van der Waals surface area (Å²) in [6.07, 6.45) is 5.90. The van der Waals surface area contributed by atoms with Crippen molar-refractivity contribution in [3.05, 3.63) is 48.0 Å². The lowest BCUT2D eigenvalue weighted by molar-refractivity contribution is 0.117. The number of nitrogens with zero attached hydrogens (tertiary/aromatic N) is 1. The second-order valence-corrected chi connectivity index (χ2v) is 4.46. The zero-order valence-corrected chi connectivity index (χ0v) is 9.71. The Morgan fingerprint density at radius 2 is 2.06 bits per heavy atom. The summed E-state index contributed by atoms with van der Waals surface area (Å²) in [7, 11) is 2.12. The maximum absolute atomic E-state index is 10.1. The standard InChI is InChI=1S/C14H19NO/c1-15-10-6-5-9-13(15)11-14(16)12-7-3-2-4-8-12/h2-8,13-14,16H,9-11H2,1H3/t13-,14-/m0/s1. The molecule has 0 saturated carbocycles. The van der Waals surface area contributed by atoms with Crippen LogP contribution in [0.5, 0.6) is 0 Å². The van der Waals surface area contributed by atoms with Gasteiger partial charge in [-0.25, -0.2) is 0 Å². The van der Waals surface area contributed by atoms with E-state index in [4.69, 9.17) is 0 Å². The van der Waals surface area contributed by atoms with E-state index >= 15 is 0 Å². The van der Waals surface area contributed by atoms with Crippen LogP contribution in [-0.4, -0.2) is 29.6 Å². The van der Waals surface area contributed by atoms with Gasteiger partial charge in [0, 0.05) is 12.6 Å². The minimum Gasteiger partial charge on any atom is -0.388 e. The highest BCUT2D eigenvalue weighted by Gasteiger charge is 2.20. The molecule has 0 spiro atoms. The van der Waals surface area contributed by atoms with Gasteiger partial charge in [-0.05, 0) is 25.5 Å². The number of aliphatic hydroxyl groups is 1. The molecular weight excluding hydrogens is 198 g/mol. The summed E-state index contributed by atoms with van der Waals surface area (Å²) in [5, 5.41) is 10.1. The second kappa shape index (κ2) is 5.28. The van der Waals surface area contributed by atoms with Crippen LogP contribution in [0.25, 0.3) is 0 Å². The van der Waals surface area contributed by atoms with Crippen molar-refractivity contribution in [1.29, 1.82) is 0 Å². The summed E-state index contributed by atoms with van der Waals surface area (Å²) in [4.78, 5) is 2.30. The summed E-state index contributed by atoms with van der Waals surface area (Å²) in [6.45, 7) is 0.992. The molecule has 0 fully saturated rings. The van der Waals surface area contributed by atoms with Crippen LogP contribution >= 0.6 is 0 Å². The Morgan fingerprint density at radius 3 is 2.75 bits per heavy atom. The van der Waals surface area contributed by atoms with Gasteiger partial charge in [-0.3, -0.25) is 4.90 Å². The molecule has 86 valence electrons. The van der Waals surface area contributed by atoms with Gasteiger partial charge in [0.1, 0.15) is 0 Å². The third-order valence-electron chi connectivity index (χ3n) is 3.27. The molecule has 0 radical (unpaired) electrons. The van der Waals surface area contributed by atoms with Gasteiger partial charge in [-0.2, -0.15) is 0 Å². The van der Waals surface area contributed by atoms with Crippen LogP contribution in [0.2, 0.25) is 0 Å². The van der Waals surface area contributed by atoms with Crippen LogP contribution in [-0.2, 0) is 0 Å². The Bertz CT molecular complexity index is 347. The molecule has 1 aromatic carbocycles. The van der Waals surface area contributed by atoms with Crippen molar-refractivity contribution < 1.29 is 5.11 Å². The lowest BCUT2D eigenvalue weighted by Gasteiger charge is -2.30. The lowest BCUT2D eigenvalue weighted by Crippen LogP contribution is -2.35. The molecule has 1 aliphatic rings. The number of benzene rings is 1. The fraction of sp³-hybridized carbons (Fsp3) is 0.429. The smallest absolute Gasteiger partial charge is 0.0805 e. The molecule has 0 aromatic heterocycles. The maximum atomic E-state index is 10.1. The Morgan fingerprint density at radius 1 is 1.31 bits per heavy atom. The van der Waals surface area contributed by atoms with Crippen LogP contribution in [0.1, 0.15) is 24.5 Å². The third-order valence-corrected chi connectivity index (χ3v) is 3.27. The summed E-state index contributed by atoms with van der Waals surface area (Å²) in [6, 6.07) is 10.4. The third kappa shape index (κ3) is 2.71. The zero-order valence-electron chi connectivity index (χ0n) is 9.71. The van der Waals surface area contributed by atoms with Crippen LogP contribution in [0.3, 0.4) is 0 Å². The fourth-order valence-electron chi connectivity index (χ4n) is 2.17. The molecule has 0 amide bonds. The van der Waals surface area contributed by atoms with Crippen LogP contribution in [0, 0.1) is 0 Å².